The van der Waals surface area contributed by atoms with Crippen LogP contribution in [0.25, 0.3) is 0 Å². The zero-order valence-electron chi connectivity index (χ0n) is 15.4. The van der Waals surface area contributed by atoms with Crippen molar-refractivity contribution < 1.29 is 9.13 Å². The number of benzene rings is 3. The van der Waals surface area contributed by atoms with Crippen LogP contribution in [0.4, 0.5) is 10.1 Å². The standard InChI is InChI=1S/C22H20BrFN2OS/c1-27-21-11-5-16(6-12-21)14-26(15-17-3-2-4-19(24)13-17)22(28)25-20-9-7-18(23)8-10-20/h2-13H,14-15H2,1H3,(H,25,28). The molecule has 0 saturated carbocycles. The number of nitrogens with one attached hydrogen (secondary N) is 1. The fraction of sp³-hybridized carbons (Fsp3) is 0.136. The number of halogens is 2. The number of ether oxygens (including phenoxy) is 1. The zero-order valence-corrected chi connectivity index (χ0v) is 17.8. The summed E-state index contributed by atoms with van der Waals surface area (Å²) in [7, 11) is 1.64. The first-order valence-electron chi connectivity index (χ1n) is 8.72. The maximum absolute atomic E-state index is 13.6. The van der Waals surface area contributed by atoms with Crippen molar-refractivity contribution in [1.82, 2.24) is 4.90 Å². The number of methoxy groups -OCH3 is 1. The molecule has 0 aliphatic rings. The first-order chi connectivity index (χ1) is 13.5. The van der Waals surface area contributed by atoms with Crippen molar-refractivity contribution in [1.29, 1.82) is 0 Å². The highest BCUT2D eigenvalue weighted by Crippen LogP contribution is 2.18. The molecular weight excluding hydrogens is 439 g/mol. The van der Waals surface area contributed by atoms with Crippen molar-refractivity contribution in [2.24, 2.45) is 0 Å². The van der Waals surface area contributed by atoms with E-state index >= 15 is 0 Å². The number of nitrogens with zero attached hydrogens (tertiary/aromatic N) is 1. The summed E-state index contributed by atoms with van der Waals surface area (Å²) in [6.07, 6.45) is 0. The second kappa shape index (κ2) is 9.66. The molecule has 0 spiro atoms. The van der Waals surface area contributed by atoms with E-state index in [9.17, 15) is 4.39 Å². The lowest BCUT2D eigenvalue weighted by atomic mass is 10.1. The van der Waals surface area contributed by atoms with Gasteiger partial charge in [0.05, 0.1) is 7.11 Å². The molecule has 0 aliphatic heterocycles. The van der Waals surface area contributed by atoms with Gasteiger partial charge in [-0.15, -0.1) is 0 Å². The van der Waals surface area contributed by atoms with Gasteiger partial charge in [0, 0.05) is 23.2 Å². The summed E-state index contributed by atoms with van der Waals surface area (Å²) >= 11 is 9.09. The molecule has 3 rings (SSSR count). The summed E-state index contributed by atoms with van der Waals surface area (Å²) in [5.41, 5.74) is 2.83. The summed E-state index contributed by atoms with van der Waals surface area (Å²) in [6.45, 7) is 1.08. The minimum Gasteiger partial charge on any atom is -0.497 e. The summed E-state index contributed by atoms with van der Waals surface area (Å²) in [6, 6.07) is 22.2. The van der Waals surface area contributed by atoms with Gasteiger partial charge in [-0.3, -0.25) is 0 Å². The van der Waals surface area contributed by atoms with Crippen molar-refractivity contribution in [2.45, 2.75) is 13.1 Å². The van der Waals surface area contributed by atoms with E-state index in [2.05, 4.69) is 21.2 Å². The molecule has 144 valence electrons. The third kappa shape index (κ3) is 5.78. The van der Waals surface area contributed by atoms with Crippen molar-refractivity contribution in [3.63, 3.8) is 0 Å². The SMILES string of the molecule is COc1ccc(CN(Cc2cccc(F)c2)C(=S)Nc2ccc(Br)cc2)cc1. The lowest BCUT2D eigenvalue weighted by Crippen LogP contribution is -2.33. The van der Waals surface area contributed by atoms with Crippen LogP contribution in [-0.2, 0) is 13.1 Å². The zero-order chi connectivity index (χ0) is 19.9. The average Bonchev–Trinajstić information content (AvgIpc) is 2.70. The van der Waals surface area contributed by atoms with E-state index in [0.717, 1.165) is 27.0 Å². The summed E-state index contributed by atoms with van der Waals surface area (Å²) < 4.78 is 19.8. The Kier molecular flexibility index (Phi) is 7.01. The molecule has 3 nitrogen and oxygen atoms in total. The van der Waals surface area contributed by atoms with Crippen LogP contribution >= 0.6 is 28.1 Å². The van der Waals surface area contributed by atoms with E-state index in [1.165, 1.54) is 12.1 Å². The van der Waals surface area contributed by atoms with Crippen LogP contribution in [0.5, 0.6) is 5.75 Å². The van der Waals surface area contributed by atoms with Gasteiger partial charge in [0.25, 0.3) is 0 Å². The van der Waals surface area contributed by atoms with Crippen LogP contribution in [0.3, 0.4) is 0 Å². The van der Waals surface area contributed by atoms with Gasteiger partial charge in [-0.1, -0.05) is 40.2 Å². The number of hydrogen-bond acceptors (Lipinski definition) is 2. The van der Waals surface area contributed by atoms with Crippen LogP contribution in [0.1, 0.15) is 11.1 Å². The predicted octanol–water partition coefficient (Wildman–Crippen LogP) is 6.00. The van der Waals surface area contributed by atoms with Gasteiger partial charge in [-0.25, -0.2) is 4.39 Å². The third-order valence-electron chi connectivity index (χ3n) is 4.18. The van der Waals surface area contributed by atoms with Crippen LogP contribution in [-0.4, -0.2) is 17.1 Å². The van der Waals surface area contributed by atoms with Crippen molar-refractivity contribution >= 4 is 38.9 Å². The van der Waals surface area contributed by atoms with Gasteiger partial charge >= 0.3 is 0 Å². The van der Waals surface area contributed by atoms with Gasteiger partial charge in [-0.2, -0.15) is 0 Å². The topological polar surface area (TPSA) is 24.5 Å². The van der Waals surface area contributed by atoms with Crippen molar-refractivity contribution in [3.05, 3.63) is 94.2 Å². The molecule has 0 aliphatic carbocycles. The van der Waals surface area contributed by atoms with Crippen molar-refractivity contribution in [2.75, 3.05) is 12.4 Å². The molecule has 0 fully saturated rings. The second-order valence-corrected chi connectivity index (χ2v) is 7.57. The van der Waals surface area contributed by atoms with Gasteiger partial charge in [0.1, 0.15) is 11.6 Å². The Morgan fingerprint density at radius 2 is 1.68 bits per heavy atom. The normalized spacial score (nSPS) is 10.4. The van der Waals surface area contributed by atoms with Crippen LogP contribution in [0.15, 0.2) is 77.3 Å². The molecule has 28 heavy (non-hydrogen) atoms. The Balaban J connectivity index is 1.79. The second-order valence-electron chi connectivity index (χ2n) is 6.27. The Bertz CT molecular complexity index is 932. The highest BCUT2D eigenvalue weighted by molar-refractivity contribution is 9.10. The number of thiocarbonyl (C=S) groups is 1. The Labute approximate surface area is 178 Å². The molecule has 0 amide bonds. The first kappa shape index (κ1) is 20.3. The molecule has 6 heteroatoms. The maximum atomic E-state index is 13.6. The molecule has 0 aromatic heterocycles. The molecule has 3 aromatic carbocycles. The van der Waals surface area contributed by atoms with E-state index in [1.807, 2.05) is 59.5 Å². The highest BCUT2D eigenvalue weighted by Gasteiger charge is 2.12. The molecule has 3 aromatic rings. The van der Waals surface area contributed by atoms with E-state index in [4.69, 9.17) is 17.0 Å². The molecule has 0 atom stereocenters. The van der Waals surface area contributed by atoms with Gasteiger partial charge in [-0.05, 0) is 71.9 Å². The largest absolute Gasteiger partial charge is 0.497 e. The van der Waals surface area contributed by atoms with E-state index in [1.54, 1.807) is 13.2 Å². The number of rotatable bonds is 6. The number of anilines is 1. The quantitative estimate of drug-likeness (QED) is 0.458. The molecular formula is C22H20BrFN2OS. The predicted molar refractivity (Wildman–Crippen MR) is 119 cm³/mol. The number of hydrogen-bond donors (Lipinski definition) is 1. The first-order valence-corrected chi connectivity index (χ1v) is 9.92. The van der Waals surface area contributed by atoms with E-state index < -0.39 is 0 Å². The van der Waals surface area contributed by atoms with Gasteiger partial charge in [0.15, 0.2) is 5.11 Å². The molecule has 1 N–H and O–H groups in total. The summed E-state index contributed by atoms with van der Waals surface area (Å²) in [4.78, 5) is 2.01. The maximum Gasteiger partial charge on any atom is 0.174 e. The van der Waals surface area contributed by atoms with Crippen LogP contribution in [0.2, 0.25) is 0 Å². The Morgan fingerprint density at radius 1 is 1.00 bits per heavy atom. The molecule has 0 saturated heterocycles. The monoisotopic (exact) mass is 458 g/mol. The Morgan fingerprint density at radius 3 is 2.32 bits per heavy atom. The molecule has 0 heterocycles. The summed E-state index contributed by atoms with van der Waals surface area (Å²) in [5.74, 6) is 0.546. The fourth-order valence-electron chi connectivity index (χ4n) is 2.74. The highest BCUT2D eigenvalue weighted by atomic mass is 79.9. The lowest BCUT2D eigenvalue weighted by molar-refractivity contribution is 0.406. The fourth-order valence-corrected chi connectivity index (χ4v) is 3.25. The van der Waals surface area contributed by atoms with Gasteiger partial charge in [0.2, 0.25) is 0 Å². The lowest BCUT2D eigenvalue weighted by Gasteiger charge is -2.26. The van der Waals surface area contributed by atoms with Gasteiger partial charge < -0.3 is 15.0 Å². The minimum absolute atomic E-state index is 0.256. The van der Waals surface area contributed by atoms with Crippen LogP contribution < -0.4 is 10.1 Å². The Hall–Kier alpha value is -2.44. The van der Waals surface area contributed by atoms with Crippen molar-refractivity contribution in [3.8, 4) is 5.75 Å². The van der Waals surface area contributed by atoms with Crippen LogP contribution in [0, 0.1) is 5.82 Å². The smallest absolute Gasteiger partial charge is 0.174 e. The average molecular weight is 459 g/mol. The summed E-state index contributed by atoms with van der Waals surface area (Å²) in [5, 5.41) is 3.84. The minimum atomic E-state index is -0.256. The van der Waals surface area contributed by atoms with E-state index in [0.29, 0.717) is 18.2 Å². The molecule has 0 unspecified atom stereocenters. The molecule has 0 bridgehead atoms. The molecule has 0 radical (unpaired) electrons. The third-order valence-corrected chi connectivity index (χ3v) is 5.07. The van der Waals surface area contributed by atoms with E-state index in [-0.39, 0.29) is 5.82 Å².